The molecular weight excluding hydrogens is 340 g/mol. The van der Waals surface area contributed by atoms with Crippen LogP contribution in [0.2, 0.25) is 0 Å². The van der Waals surface area contributed by atoms with Gasteiger partial charge in [-0.15, -0.1) is 0 Å². The molecule has 2 aliphatic rings. The second-order valence-electron chi connectivity index (χ2n) is 7.48. The molecule has 2 amide bonds. The molecule has 0 saturated heterocycles. The zero-order valence-electron chi connectivity index (χ0n) is 15.5. The molecule has 5 nitrogen and oxygen atoms in total. The van der Waals surface area contributed by atoms with Crippen molar-refractivity contribution in [3.05, 3.63) is 59.5 Å². The summed E-state index contributed by atoms with van der Waals surface area (Å²) in [4.78, 5) is 27.0. The van der Waals surface area contributed by atoms with E-state index >= 15 is 0 Å². The van der Waals surface area contributed by atoms with Gasteiger partial charge in [0, 0.05) is 19.0 Å². The number of hydrogen-bond acceptors (Lipinski definition) is 3. The van der Waals surface area contributed by atoms with Crippen LogP contribution in [0.4, 0.5) is 0 Å². The number of amides is 2. The predicted octanol–water partition coefficient (Wildman–Crippen LogP) is 3.86. The summed E-state index contributed by atoms with van der Waals surface area (Å²) in [5, 5.41) is 2.82. The van der Waals surface area contributed by atoms with E-state index in [0.29, 0.717) is 31.2 Å². The third-order valence-electron chi connectivity index (χ3n) is 5.50. The van der Waals surface area contributed by atoms with Crippen LogP contribution < -0.4 is 5.32 Å². The van der Waals surface area contributed by atoms with E-state index in [1.165, 1.54) is 17.4 Å². The summed E-state index contributed by atoms with van der Waals surface area (Å²) in [5.41, 5.74) is 2.72. The highest BCUT2D eigenvalue weighted by Gasteiger charge is 2.38. The molecule has 2 aromatic rings. The number of fused-ring (bicyclic) bond motifs is 1. The van der Waals surface area contributed by atoms with Gasteiger partial charge in [-0.25, -0.2) is 0 Å². The molecule has 2 aliphatic carbocycles. The zero-order chi connectivity index (χ0) is 18.6. The lowest BCUT2D eigenvalue weighted by molar-refractivity contribution is -0.134. The molecule has 142 valence electrons. The average Bonchev–Trinajstić information content (AvgIpc) is 3.36. The Morgan fingerprint density at radius 3 is 2.74 bits per heavy atom. The smallest absolute Gasteiger partial charge is 0.286 e. The molecule has 0 bridgehead atoms. The topological polar surface area (TPSA) is 62.6 Å². The van der Waals surface area contributed by atoms with E-state index < -0.39 is 0 Å². The predicted molar refractivity (Wildman–Crippen MR) is 102 cm³/mol. The average molecular weight is 366 g/mol. The van der Waals surface area contributed by atoms with Crippen LogP contribution in [0.1, 0.15) is 66.2 Å². The van der Waals surface area contributed by atoms with Gasteiger partial charge in [0.2, 0.25) is 5.91 Å². The van der Waals surface area contributed by atoms with Crippen molar-refractivity contribution < 1.29 is 14.0 Å². The molecule has 0 spiro atoms. The van der Waals surface area contributed by atoms with Crippen LogP contribution in [0.25, 0.3) is 0 Å². The number of carbonyl (C=O) groups is 2. The number of furan rings is 1. The van der Waals surface area contributed by atoms with Crippen molar-refractivity contribution >= 4 is 11.8 Å². The minimum atomic E-state index is -0.229. The number of hydrogen-bond donors (Lipinski definition) is 1. The first-order valence-electron chi connectivity index (χ1n) is 9.94. The van der Waals surface area contributed by atoms with Gasteiger partial charge in [-0.3, -0.25) is 9.59 Å². The molecule has 1 aromatic carbocycles. The Bertz CT molecular complexity index is 796. The molecule has 1 saturated carbocycles. The summed E-state index contributed by atoms with van der Waals surface area (Å²) in [7, 11) is 0. The van der Waals surface area contributed by atoms with Crippen LogP contribution in [0, 0.1) is 0 Å². The van der Waals surface area contributed by atoms with Crippen molar-refractivity contribution in [2.24, 2.45) is 0 Å². The molecule has 1 fully saturated rings. The van der Waals surface area contributed by atoms with E-state index in [4.69, 9.17) is 4.42 Å². The van der Waals surface area contributed by atoms with Gasteiger partial charge >= 0.3 is 0 Å². The first kappa shape index (κ1) is 17.8. The Morgan fingerprint density at radius 2 is 1.96 bits per heavy atom. The highest BCUT2D eigenvalue weighted by molar-refractivity contribution is 5.91. The molecule has 1 unspecified atom stereocenters. The van der Waals surface area contributed by atoms with Crippen LogP contribution in [0.3, 0.4) is 0 Å². The summed E-state index contributed by atoms with van der Waals surface area (Å²) in [6.45, 7) is 0.477. The number of aryl methyl sites for hydroxylation is 1. The van der Waals surface area contributed by atoms with Gasteiger partial charge in [0.05, 0.1) is 12.3 Å². The third-order valence-corrected chi connectivity index (χ3v) is 5.50. The summed E-state index contributed by atoms with van der Waals surface area (Å²) in [6, 6.07) is 12.5. The maximum Gasteiger partial charge on any atom is 0.286 e. The normalized spacial score (nSPS) is 18.6. The van der Waals surface area contributed by atoms with Gasteiger partial charge in [-0.1, -0.05) is 24.3 Å². The first-order chi connectivity index (χ1) is 13.2. The molecular formula is C22H26N2O3. The Hall–Kier alpha value is -2.56. The van der Waals surface area contributed by atoms with Crippen molar-refractivity contribution in [2.45, 2.75) is 57.0 Å². The van der Waals surface area contributed by atoms with E-state index in [1.807, 2.05) is 0 Å². The number of carbonyl (C=O) groups excluding carboxylic acids is 2. The van der Waals surface area contributed by atoms with Crippen LogP contribution in [-0.4, -0.2) is 29.3 Å². The lowest BCUT2D eigenvalue weighted by Gasteiger charge is -2.36. The van der Waals surface area contributed by atoms with Crippen molar-refractivity contribution in [1.29, 1.82) is 0 Å². The summed E-state index contributed by atoms with van der Waals surface area (Å²) >= 11 is 0. The first-order valence-corrected chi connectivity index (χ1v) is 9.94. The number of benzene rings is 1. The lowest BCUT2D eigenvalue weighted by atomic mass is 9.86. The van der Waals surface area contributed by atoms with Gasteiger partial charge in [0.1, 0.15) is 0 Å². The van der Waals surface area contributed by atoms with E-state index in [0.717, 1.165) is 32.1 Å². The second-order valence-corrected chi connectivity index (χ2v) is 7.48. The Kier molecular flexibility index (Phi) is 5.28. The van der Waals surface area contributed by atoms with Gasteiger partial charge in [0.25, 0.3) is 5.91 Å². The quantitative estimate of drug-likeness (QED) is 0.757. The Labute approximate surface area is 159 Å². The molecule has 0 aliphatic heterocycles. The number of nitrogens with zero attached hydrogens (tertiary/aromatic N) is 1. The van der Waals surface area contributed by atoms with Crippen molar-refractivity contribution in [3.63, 3.8) is 0 Å². The van der Waals surface area contributed by atoms with Gasteiger partial charge < -0.3 is 14.6 Å². The molecule has 1 aromatic heterocycles. The van der Waals surface area contributed by atoms with Gasteiger partial charge in [-0.2, -0.15) is 0 Å². The number of rotatable bonds is 7. The van der Waals surface area contributed by atoms with E-state index in [-0.39, 0.29) is 17.9 Å². The molecule has 5 heteroatoms. The monoisotopic (exact) mass is 366 g/mol. The van der Waals surface area contributed by atoms with Crippen LogP contribution in [-0.2, 0) is 11.2 Å². The third kappa shape index (κ3) is 4.07. The van der Waals surface area contributed by atoms with Crippen LogP contribution in [0.5, 0.6) is 0 Å². The molecule has 0 radical (unpaired) electrons. The van der Waals surface area contributed by atoms with Crippen molar-refractivity contribution in [1.82, 2.24) is 10.2 Å². The van der Waals surface area contributed by atoms with E-state index in [2.05, 4.69) is 34.5 Å². The molecule has 1 N–H and O–H groups in total. The second kappa shape index (κ2) is 7.99. The summed E-state index contributed by atoms with van der Waals surface area (Å²) in [5.74, 6) is 0.291. The highest BCUT2D eigenvalue weighted by atomic mass is 16.3. The van der Waals surface area contributed by atoms with E-state index in [9.17, 15) is 9.59 Å². The lowest BCUT2D eigenvalue weighted by Crippen LogP contribution is -2.38. The fourth-order valence-corrected chi connectivity index (χ4v) is 4.07. The maximum absolute atomic E-state index is 13.0. The maximum atomic E-state index is 13.0. The summed E-state index contributed by atoms with van der Waals surface area (Å²) < 4.78 is 5.08. The zero-order valence-corrected chi connectivity index (χ0v) is 15.5. The Balaban J connectivity index is 1.34. The van der Waals surface area contributed by atoms with Crippen molar-refractivity contribution in [2.75, 3.05) is 6.54 Å². The highest BCUT2D eigenvalue weighted by Crippen LogP contribution is 2.41. The fourth-order valence-electron chi connectivity index (χ4n) is 4.07. The van der Waals surface area contributed by atoms with Crippen molar-refractivity contribution in [3.8, 4) is 0 Å². The Morgan fingerprint density at radius 1 is 1.11 bits per heavy atom. The van der Waals surface area contributed by atoms with Gasteiger partial charge in [0.15, 0.2) is 5.76 Å². The number of nitrogens with one attached hydrogen (secondary N) is 1. The minimum Gasteiger partial charge on any atom is -0.459 e. The van der Waals surface area contributed by atoms with Crippen LogP contribution in [0.15, 0.2) is 47.1 Å². The van der Waals surface area contributed by atoms with Crippen LogP contribution >= 0.6 is 0 Å². The SMILES string of the molecule is O=C(NCCCC(=O)N(C1CC1)C1CCCc2ccccc21)c1ccco1. The van der Waals surface area contributed by atoms with Gasteiger partial charge in [-0.05, 0) is 61.8 Å². The van der Waals surface area contributed by atoms with E-state index in [1.54, 1.807) is 12.1 Å². The fraction of sp³-hybridized carbons (Fsp3) is 0.455. The molecule has 4 rings (SSSR count). The largest absolute Gasteiger partial charge is 0.459 e. The summed E-state index contributed by atoms with van der Waals surface area (Å²) in [6.07, 6.45) is 8.10. The standard InChI is InChI=1S/C22H26N2O3/c25-21(11-4-14-23-22(26)20-10-5-15-27-20)24(17-12-13-17)19-9-3-7-16-6-1-2-8-18(16)19/h1-2,5-6,8,10,15,17,19H,3-4,7,9,11-14H2,(H,23,26). The molecule has 1 heterocycles. The molecule has 27 heavy (non-hydrogen) atoms. The minimum absolute atomic E-state index is 0.214. The molecule has 1 atom stereocenters.